The minimum Gasteiger partial charge on any atom is -0.497 e. The number of para-hydroxylation sites is 1. The second-order valence-corrected chi connectivity index (χ2v) is 6.25. The first-order valence-corrected chi connectivity index (χ1v) is 8.57. The molecule has 138 valence electrons. The Morgan fingerprint density at radius 2 is 1.78 bits per heavy atom. The Morgan fingerprint density at radius 3 is 2.48 bits per heavy atom. The summed E-state index contributed by atoms with van der Waals surface area (Å²) in [7, 11) is 1.60. The molecule has 3 aromatic rings. The topological polar surface area (TPSA) is 80.3 Å². The van der Waals surface area contributed by atoms with Gasteiger partial charge < -0.3 is 15.4 Å². The highest BCUT2D eigenvalue weighted by Gasteiger charge is 2.12. The second kappa shape index (κ2) is 7.86. The third-order valence-corrected chi connectivity index (χ3v) is 4.28. The van der Waals surface area contributed by atoms with Gasteiger partial charge in [0.05, 0.1) is 19.2 Å². The van der Waals surface area contributed by atoms with Crippen molar-refractivity contribution < 1.29 is 14.3 Å². The molecule has 0 spiro atoms. The number of carbonyl (C=O) groups is 2. The van der Waals surface area contributed by atoms with E-state index in [0.29, 0.717) is 5.52 Å². The molecular formula is C21H21N3O3. The number of methoxy groups -OCH3 is 1. The summed E-state index contributed by atoms with van der Waals surface area (Å²) in [5.74, 6) is 0.0420. The van der Waals surface area contributed by atoms with E-state index in [1.165, 1.54) is 0 Å². The van der Waals surface area contributed by atoms with Crippen LogP contribution >= 0.6 is 0 Å². The summed E-state index contributed by atoms with van der Waals surface area (Å²) in [4.78, 5) is 28.8. The van der Waals surface area contributed by atoms with Gasteiger partial charge in [0.15, 0.2) is 0 Å². The summed E-state index contributed by atoms with van der Waals surface area (Å²) in [5, 5.41) is 6.32. The lowest BCUT2D eigenvalue weighted by atomic mass is 10.1. The molecule has 0 aliphatic rings. The number of anilines is 1. The number of aryl methyl sites for hydroxylation is 2. The molecule has 2 N–H and O–H groups in total. The third kappa shape index (κ3) is 4.23. The van der Waals surface area contributed by atoms with Crippen molar-refractivity contribution in [1.29, 1.82) is 0 Å². The summed E-state index contributed by atoms with van der Waals surface area (Å²) >= 11 is 0. The van der Waals surface area contributed by atoms with Crippen molar-refractivity contribution in [1.82, 2.24) is 10.3 Å². The molecule has 1 heterocycles. The zero-order chi connectivity index (χ0) is 19.4. The van der Waals surface area contributed by atoms with Gasteiger partial charge in [0.1, 0.15) is 11.4 Å². The zero-order valence-corrected chi connectivity index (χ0v) is 15.5. The van der Waals surface area contributed by atoms with Gasteiger partial charge in [-0.25, -0.2) is 4.98 Å². The van der Waals surface area contributed by atoms with E-state index >= 15 is 0 Å². The van der Waals surface area contributed by atoms with Crippen LogP contribution in [0.3, 0.4) is 0 Å². The Kier molecular flexibility index (Phi) is 5.35. The van der Waals surface area contributed by atoms with Crippen molar-refractivity contribution in [2.45, 2.75) is 13.8 Å². The van der Waals surface area contributed by atoms with Crippen LogP contribution in [0.1, 0.15) is 21.6 Å². The van der Waals surface area contributed by atoms with Crippen LogP contribution < -0.4 is 15.4 Å². The molecule has 0 bridgehead atoms. The van der Waals surface area contributed by atoms with E-state index in [0.717, 1.165) is 28.0 Å². The first-order valence-electron chi connectivity index (χ1n) is 8.57. The fourth-order valence-corrected chi connectivity index (χ4v) is 2.80. The van der Waals surface area contributed by atoms with Crippen LogP contribution in [0.2, 0.25) is 0 Å². The Hall–Kier alpha value is -3.41. The number of aromatic nitrogens is 1. The Labute approximate surface area is 157 Å². The number of ether oxygens (including phenoxy) is 1. The van der Waals surface area contributed by atoms with Gasteiger partial charge in [-0.1, -0.05) is 24.3 Å². The summed E-state index contributed by atoms with van der Waals surface area (Å²) in [5.41, 5.74) is 3.66. The fraction of sp³-hybridized carbons (Fsp3) is 0.190. The van der Waals surface area contributed by atoms with E-state index in [9.17, 15) is 9.59 Å². The molecule has 2 aromatic carbocycles. The first kappa shape index (κ1) is 18.4. The summed E-state index contributed by atoms with van der Waals surface area (Å²) < 4.78 is 5.18. The Bertz CT molecular complexity index is 994. The van der Waals surface area contributed by atoms with Crippen molar-refractivity contribution in [3.63, 3.8) is 0 Å². The standard InChI is InChI=1S/C21H21N3O3/c1-13-5-4-6-14(2)20(13)24-19(25)12-22-21(26)18-9-7-15-11-16(27-3)8-10-17(15)23-18/h4-11H,12H2,1-3H3,(H,22,26)(H,24,25). The average Bonchev–Trinajstić information content (AvgIpc) is 2.68. The van der Waals surface area contributed by atoms with Crippen molar-refractivity contribution in [3.05, 3.63) is 65.4 Å². The molecule has 6 heteroatoms. The van der Waals surface area contributed by atoms with Gasteiger partial charge in [-0.05, 0) is 49.2 Å². The molecule has 0 atom stereocenters. The van der Waals surface area contributed by atoms with Crippen molar-refractivity contribution in [3.8, 4) is 5.75 Å². The molecule has 0 saturated carbocycles. The lowest BCUT2D eigenvalue weighted by molar-refractivity contribution is -0.115. The minimum absolute atomic E-state index is 0.130. The van der Waals surface area contributed by atoms with E-state index < -0.39 is 5.91 Å². The molecule has 1 aromatic heterocycles. The summed E-state index contributed by atoms with van der Waals surface area (Å²) in [6, 6.07) is 14.6. The highest BCUT2D eigenvalue weighted by atomic mass is 16.5. The molecule has 0 radical (unpaired) electrons. The summed E-state index contributed by atoms with van der Waals surface area (Å²) in [6.07, 6.45) is 0. The number of nitrogens with one attached hydrogen (secondary N) is 2. The van der Waals surface area contributed by atoms with Gasteiger partial charge in [-0.2, -0.15) is 0 Å². The number of hydrogen-bond acceptors (Lipinski definition) is 4. The van der Waals surface area contributed by atoms with Crippen LogP contribution in [0.25, 0.3) is 10.9 Å². The largest absolute Gasteiger partial charge is 0.497 e. The number of amides is 2. The van der Waals surface area contributed by atoms with E-state index in [-0.39, 0.29) is 18.1 Å². The molecule has 0 aliphatic carbocycles. The fourth-order valence-electron chi connectivity index (χ4n) is 2.80. The Balaban J connectivity index is 1.65. The molecule has 0 fully saturated rings. The van der Waals surface area contributed by atoms with E-state index in [1.807, 2.05) is 38.1 Å². The van der Waals surface area contributed by atoms with Crippen LogP contribution in [0.5, 0.6) is 5.75 Å². The lowest BCUT2D eigenvalue weighted by Crippen LogP contribution is -2.33. The van der Waals surface area contributed by atoms with Crippen molar-refractivity contribution in [2.24, 2.45) is 0 Å². The maximum absolute atomic E-state index is 12.3. The predicted molar refractivity (Wildman–Crippen MR) is 105 cm³/mol. The maximum atomic E-state index is 12.3. The van der Waals surface area contributed by atoms with E-state index in [2.05, 4.69) is 15.6 Å². The second-order valence-electron chi connectivity index (χ2n) is 6.25. The monoisotopic (exact) mass is 363 g/mol. The third-order valence-electron chi connectivity index (χ3n) is 4.28. The van der Waals surface area contributed by atoms with Crippen LogP contribution in [-0.4, -0.2) is 30.5 Å². The van der Waals surface area contributed by atoms with Crippen molar-refractivity contribution in [2.75, 3.05) is 19.0 Å². The maximum Gasteiger partial charge on any atom is 0.270 e. The number of nitrogens with zero attached hydrogens (tertiary/aromatic N) is 1. The van der Waals surface area contributed by atoms with Crippen molar-refractivity contribution >= 4 is 28.4 Å². The van der Waals surface area contributed by atoms with Crippen LogP contribution in [0.15, 0.2) is 48.5 Å². The average molecular weight is 363 g/mol. The summed E-state index contributed by atoms with van der Waals surface area (Å²) in [6.45, 7) is 3.72. The van der Waals surface area contributed by atoms with Gasteiger partial charge in [0.2, 0.25) is 5.91 Å². The number of carbonyl (C=O) groups excluding carboxylic acids is 2. The van der Waals surface area contributed by atoms with Crippen LogP contribution in [-0.2, 0) is 4.79 Å². The Morgan fingerprint density at radius 1 is 1.04 bits per heavy atom. The highest BCUT2D eigenvalue weighted by Crippen LogP contribution is 2.20. The van der Waals surface area contributed by atoms with Gasteiger partial charge in [-0.15, -0.1) is 0 Å². The molecule has 27 heavy (non-hydrogen) atoms. The highest BCUT2D eigenvalue weighted by molar-refractivity contribution is 6.00. The molecule has 0 aliphatic heterocycles. The van der Waals surface area contributed by atoms with Gasteiger partial charge in [-0.3, -0.25) is 9.59 Å². The SMILES string of the molecule is COc1ccc2nc(C(=O)NCC(=O)Nc3c(C)cccc3C)ccc2c1. The minimum atomic E-state index is -0.399. The number of benzene rings is 2. The normalized spacial score (nSPS) is 10.5. The van der Waals surface area contributed by atoms with Gasteiger partial charge >= 0.3 is 0 Å². The molecular weight excluding hydrogens is 342 g/mol. The van der Waals surface area contributed by atoms with E-state index in [4.69, 9.17) is 4.74 Å². The van der Waals surface area contributed by atoms with Crippen LogP contribution in [0.4, 0.5) is 5.69 Å². The van der Waals surface area contributed by atoms with E-state index in [1.54, 1.807) is 31.4 Å². The number of rotatable bonds is 5. The molecule has 0 unspecified atom stereocenters. The predicted octanol–water partition coefficient (Wildman–Crippen LogP) is 3.23. The zero-order valence-electron chi connectivity index (χ0n) is 15.5. The van der Waals surface area contributed by atoms with Crippen LogP contribution in [0, 0.1) is 13.8 Å². The van der Waals surface area contributed by atoms with Gasteiger partial charge in [0, 0.05) is 11.1 Å². The first-order chi connectivity index (χ1) is 13.0. The number of pyridine rings is 1. The molecule has 3 rings (SSSR count). The lowest BCUT2D eigenvalue weighted by Gasteiger charge is -2.12. The number of hydrogen-bond donors (Lipinski definition) is 2. The molecule has 2 amide bonds. The number of fused-ring (bicyclic) bond motifs is 1. The smallest absolute Gasteiger partial charge is 0.270 e. The molecule has 6 nitrogen and oxygen atoms in total. The van der Waals surface area contributed by atoms with Gasteiger partial charge in [0.25, 0.3) is 5.91 Å². The molecule has 0 saturated heterocycles. The quantitative estimate of drug-likeness (QED) is 0.729.